The molecule has 3 nitrogen and oxygen atoms in total. The molecule has 0 saturated heterocycles. The molecule has 134 valence electrons. The van der Waals surface area contributed by atoms with Crippen molar-refractivity contribution in [2.45, 2.75) is 103 Å². The van der Waals surface area contributed by atoms with Crippen LogP contribution in [0.25, 0.3) is 0 Å². The van der Waals surface area contributed by atoms with Crippen LogP contribution in [0, 0.1) is 0 Å². The van der Waals surface area contributed by atoms with Gasteiger partial charge in [0.2, 0.25) is 0 Å². The van der Waals surface area contributed by atoms with Gasteiger partial charge in [0.25, 0.3) is 0 Å². The second-order valence-electron chi connectivity index (χ2n) is 6.43. The van der Waals surface area contributed by atoms with E-state index in [0.29, 0.717) is 6.61 Å². The van der Waals surface area contributed by atoms with Crippen LogP contribution in [0.5, 0.6) is 0 Å². The summed E-state index contributed by atoms with van der Waals surface area (Å²) in [5.74, 6) is 0. The van der Waals surface area contributed by atoms with Gasteiger partial charge in [-0.1, -0.05) is 77.6 Å². The summed E-state index contributed by atoms with van der Waals surface area (Å²) in [4.78, 5) is 0. The standard InChI is InChI=1S/C19H40O3/c1-2-3-4-14-17-22-19(18-21)15-12-10-8-6-5-7-9-11-13-16-20/h19-21H,2-18H2,1H3. The minimum Gasteiger partial charge on any atom is -0.396 e. The van der Waals surface area contributed by atoms with Crippen molar-refractivity contribution in [3.8, 4) is 0 Å². The molecule has 0 aromatic rings. The van der Waals surface area contributed by atoms with E-state index in [0.717, 1.165) is 25.9 Å². The fourth-order valence-electron chi connectivity index (χ4n) is 2.73. The monoisotopic (exact) mass is 316 g/mol. The third kappa shape index (κ3) is 16.3. The molecule has 0 radical (unpaired) electrons. The Labute approximate surface area is 138 Å². The van der Waals surface area contributed by atoms with Crippen molar-refractivity contribution in [1.29, 1.82) is 0 Å². The van der Waals surface area contributed by atoms with Crippen molar-refractivity contribution in [2.24, 2.45) is 0 Å². The molecule has 0 aliphatic rings. The number of hydrogen-bond acceptors (Lipinski definition) is 3. The fraction of sp³-hybridized carbons (Fsp3) is 1.00. The van der Waals surface area contributed by atoms with Crippen LogP contribution in [0.4, 0.5) is 0 Å². The lowest BCUT2D eigenvalue weighted by Gasteiger charge is -2.15. The topological polar surface area (TPSA) is 49.7 Å². The lowest BCUT2D eigenvalue weighted by molar-refractivity contribution is 0.00500. The first-order valence-electron chi connectivity index (χ1n) is 9.68. The Morgan fingerprint density at radius 2 is 1.23 bits per heavy atom. The zero-order valence-electron chi connectivity index (χ0n) is 14.9. The molecule has 0 aliphatic heterocycles. The quantitative estimate of drug-likeness (QED) is 0.356. The molecule has 0 heterocycles. The van der Waals surface area contributed by atoms with E-state index in [1.165, 1.54) is 70.6 Å². The van der Waals surface area contributed by atoms with Crippen molar-refractivity contribution in [1.82, 2.24) is 0 Å². The van der Waals surface area contributed by atoms with Gasteiger partial charge in [-0.2, -0.15) is 0 Å². The molecule has 0 bridgehead atoms. The van der Waals surface area contributed by atoms with E-state index < -0.39 is 0 Å². The van der Waals surface area contributed by atoms with E-state index in [4.69, 9.17) is 9.84 Å². The molecule has 0 aromatic carbocycles. The van der Waals surface area contributed by atoms with Gasteiger partial charge in [-0.25, -0.2) is 0 Å². The molecule has 0 fully saturated rings. The molecule has 0 amide bonds. The van der Waals surface area contributed by atoms with Crippen molar-refractivity contribution in [3.05, 3.63) is 0 Å². The Bertz CT molecular complexity index is 197. The molecule has 0 saturated carbocycles. The van der Waals surface area contributed by atoms with E-state index in [2.05, 4.69) is 6.92 Å². The van der Waals surface area contributed by atoms with Crippen LogP contribution >= 0.6 is 0 Å². The smallest absolute Gasteiger partial charge is 0.0805 e. The normalized spacial score (nSPS) is 12.7. The zero-order valence-corrected chi connectivity index (χ0v) is 14.9. The summed E-state index contributed by atoms with van der Waals surface area (Å²) in [6.45, 7) is 3.52. The molecule has 0 aromatic heterocycles. The van der Waals surface area contributed by atoms with Gasteiger partial charge in [0.1, 0.15) is 0 Å². The number of rotatable bonds is 18. The number of aliphatic hydroxyl groups excluding tert-OH is 2. The third-order valence-corrected chi connectivity index (χ3v) is 4.24. The number of hydrogen-bond donors (Lipinski definition) is 2. The Kier molecular flexibility index (Phi) is 18.8. The van der Waals surface area contributed by atoms with Gasteiger partial charge in [-0.3, -0.25) is 0 Å². The Hall–Kier alpha value is -0.120. The van der Waals surface area contributed by atoms with Crippen molar-refractivity contribution in [2.75, 3.05) is 19.8 Å². The van der Waals surface area contributed by atoms with Crippen LogP contribution in [-0.2, 0) is 4.74 Å². The van der Waals surface area contributed by atoms with Gasteiger partial charge in [-0.05, 0) is 19.3 Å². The molecule has 2 N–H and O–H groups in total. The second kappa shape index (κ2) is 18.9. The number of aliphatic hydroxyl groups is 2. The molecular formula is C19H40O3. The highest BCUT2D eigenvalue weighted by atomic mass is 16.5. The summed E-state index contributed by atoms with van der Waals surface area (Å²) in [6, 6.07) is 0. The first-order chi connectivity index (χ1) is 10.8. The van der Waals surface area contributed by atoms with E-state index in [-0.39, 0.29) is 12.7 Å². The molecule has 3 heteroatoms. The van der Waals surface area contributed by atoms with Crippen molar-refractivity contribution in [3.63, 3.8) is 0 Å². The maximum absolute atomic E-state index is 9.33. The molecule has 0 spiro atoms. The molecule has 0 aliphatic carbocycles. The predicted molar refractivity (Wildman–Crippen MR) is 94.2 cm³/mol. The van der Waals surface area contributed by atoms with Crippen molar-refractivity contribution < 1.29 is 14.9 Å². The van der Waals surface area contributed by atoms with Gasteiger partial charge in [0.15, 0.2) is 0 Å². The highest BCUT2D eigenvalue weighted by Gasteiger charge is 2.06. The van der Waals surface area contributed by atoms with Gasteiger partial charge < -0.3 is 14.9 Å². The highest BCUT2D eigenvalue weighted by molar-refractivity contribution is 4.57. The van der Waals surface area contributed by atoms with Gasteiger partial charge >= 0.3 is 0 Å². The molecule has 0 rings (SSSR count). The van der Waals surface area contributed by atoms with E-state index in [9.17, 15) is 5.11 Å². The minimum atomic E-state index is 0.0557. The summed E-state index contributed by atoms with van der Waals surface area (Å²) < 4.78 is 5.75. The highest BCUT2D eigenvalue weighted by Crippen LogP contribution is 2.12. The first-order valence-corrected chi connectivity index (χ1v) is 9.68. The second-order valence-corrected chi connectivity index (χ2v) is 6.43. The fourth-order valence-corrected chi connectivity index (χ4v) is 2.73. The van der Waals surface area contributed by atoms with Crippen LogP contribution in [0.3, 0.4) is 0 Å². The molecular weight excluding hydrogens is 276 g/mol. The van der Waals surface area contributed by atoms with Crippen molar-refractivity contribution >= 4 is 0 Å². The summed E-state index contributed by atoms with van der Waals surface area (Å²) >= 11 is 0. The van der Waals surface area contributed by atoms with Crippen LogP contribution in [-0.4, -0.2) is 36.1 Å². The third-order valence-electron chi connectivity index (χ3n) is 4.24. The predicted octanol–water partition coefficient (Wildman–Crippen LogP) is 4.84. The van der Waals surface area contributed by atoms with E-state index in [1.54, 1.807) is 0 Å². The van der Waals surface area contributed by atoms with Crippen LogP contribution in [0.15, 0.2) is 0 Å². The van der Waals surface area contributed by atoms with Crippen LogP contribution < -0.4 is 0 Å². The summed E-state index contributed by atoms with van der Waals surface area (Å²) in [6.07, 6.45) is 17.0. The maximum Gasteiger partial charge on any atom is 0.0805 e. The first kappa shape index (κ1) is 21.9. The van der Waals surface area contributed by atoms with Crippen LogP contribution in [0.2, 0.25) is 0 Å². The number of ether oxygens (including phenoxy) is 1. The molecule has 1 unspecified atom stereocenters. The average molecular weight is 317 g/mol. The van der Waals surface area contributed by atoms with E-state index >= 15 is 0 Å². The summed E-state index contributed by atoms with van der Waals surface area (Å²) in [5, 5.41) is 18.0. The van der Waals surface area contributed by atoms with Gasteiger partial charge in [0.05, 0.1) is 12.7 Å². The minimum absolute atomic E-state index is 0.0557. The SMILES string of the molecule is CCCCCCOC(CO)CCCCCCCCCCCO. The molecule has 1 atom stereocenters. The summed E-state index contributed by atoms with van der Waals surface area (Å²) in [7, 11) is 0. The zero-order chi connectivity index (χ0) is 16.3. The Morgan fingerprint density at radius 1 is 0.682 bits per heavy atom. The lowest BCUT2D eigenvalue weighted by Crippen LogP contribution is -2.18. The number of unbranched alkanes of at least 4 members (excludes halogenated alkanes) is 11. The van der Waals surface area contributed by atoms with E-state index in [1.807, 2.05) is 0 Å². The lowest BCUT2D eigenvalue weighted by atomic mass is 10.1. The largest absolute Gasteiger partial charge is 0.396 e. The van der Waals surface area contributed by atoms with Crippen LogP contribution in [0.1, 0.15) is 96.8 Å². The molecule has 22 heavy (non-hydrogen) atoms. The van der Waals surface area contributed by atoms with Gasteiger partial charge in [0, 0.05) is 13.2 Å². The average Bonchev–Trinajstić information content (AvgIpc) is 2.54. The maximum atomic E-state index is 9.33. The summed E-state index contributed by atoms with van der Waals surface area (Å²) in [5.41, 5.74) is 0. The Morgan fingerprint density at radius 3 is 1.77 bits per heavy atom. The Balaban J connectivity index is 3.25. The van der Waals surface area contributed by atoms with Gasteiger partial charge in [-0.15, -0.1) is 0 Å².